The zero-order chi connectivity index (χ0) is 30.1. The van der Waals surface area contributed by atoms with E-state index in [4.69, 9.17) is 16.0 Å². The van der Waals surface area contributed by atoms with Gasteiger partial charge in [-0.15, -0.1) is 0 Å². The van der Waals surface area contributed by atoms with Crippen LogP contribution in [0.5, 0.6) is 5.75 Å². The van der Waals surface area contributed by atoms with Gasteiger partial charge in [0, 0.05) is 28.6 Å². The van der Waals surface area contributed by atoms with Crippen molar-refractivity contribution in [3.8, 4) is 11.4 Å². The maximum atomic E-state index is 14.7. The van der Waals surface area contributed by atoms with E-state index >= 15 is 0 Å². The van der Waals surface area contributed by atoms with Crippen LogP contribution >= 0.6 is 15.9 Å². The molecule has 0 bridgehead atoms. The van der Waals surface area contributed by atoms with E-state index in [9.17, 15) is 9.59 Å². The number of hydrogen-bond acceptors (Lipinski definition) is 5. The summed E-state index contributed by atoms with van der Waals surface area (Å²) in [7, 11) is 0. The lowest BCUT2D eigenvalue weighted by atomic mass is 9.84. The highest BCUT2D eigenvalue weighted by Gasteiger charge is 2.51. The molecule has 2 atom stereocenters. The number of carbonyl (C=O) groups excluding carboxylic acids is 2. The smallest absolute Gasteiger partial charge is 0.254 e. The van der Waals surface area contributed by atoms with Gasteiger partial charge in [-0.1, -0.05) is 60.1 Å². The number of halogens is 1. The molecule has 2 aliphatic rings. The Morgan fingerprint density at radius 3 is 2.72 bits per heavy atom. The van der Waals surface area contributed by atoms with Gasteiger partial charge in [0.1, 0.15) is 17.4 Å². The molecule has 1 fully saturated rings. The van der Waals surface area contributed by atoms with E-state index in [-0.39, 0.29) is 24.3 Å². The number of hydrogen-bond donors (Lipinski definition) is 1. The Kier molecular flexibility index (Phi) is 7.95. The lowest BCUT2D eigenvalue weighted by molar-refractivity contribution is -0.138. The lowest BCUT2D eigenvalue weighted by Crippen LogP contribution is -2.64. The lowest BCUT2D eigenvalue weighted by Gasteiger charge is -2.41. The molecule has 1 spiro atoms. The predicted molar refractivity (Wildman–Crippen MR) is 167 cm³/mol. The number of benzene rings is 3. The molecule has 1 saturated heterocycles. The Labute approximate surface area is 258 Å². The molecular formula is C33H32BrN5O4. The van der Waals surface area contributed by atoms with Crippen molar-refractivity contribution in [3.63, 3.8) is 0 Å². The third-order valence-corrected chi connectivity index (χ3v) is 9.01. The fraction of sp³-hybridized carbons (Fsp3) is 0.333. The van der Waals surface area contributed by atoms with Gasteiger partial charge in [-0.3, -0.25) is 9.59 Å². The molecule has 9 nitrogen and oxygen atoms in total. The Bertz CT molecular complexity index is 1740. The molecule has 43 heavy (non-hydrogen) atoms. The van der Waals surface area contributed by atoms with Crippen LogP contribution in [-0.4, -0.2) is 46.5 Å². The maximum absolute atomic E-state index is 14.7. The monoisotopic (exact) mass is 641 g/mol. The number of anilines is 1. The maximum Gasteiger partial charge on any atom is 0.254 e. The molecule has 220 valence electrons. The molecule has 3 aromatic carbocycles. The van der Waals surface area contributed by atoms with Gasteiger partial charge in [0.25, 0.3) is 5.91 Å². The molecule has 0 unspecified atom stereocenters. The number of ether oxygens (including phenoxy) is 2. The molecule has 3 heterocycles. The normalized spacial score (nSPS) is 18.4. The highest BCUT2D eigenvalue weighted by molar-refractivity contribution is 9.10. The summed E-state index contributed by atoms with van der Waals surface area (Å²) >= 11 is 3.57. The highest BCUT2D eigenvalue weighted by atomic mass is 79.9. The van der Waals surface area contributed by atoms with E-state index < -0.39 is 11.6 Å². The van der Waals surface area contributed by atoms with Crippen molar-refractivity contribution >= 4 is 50.0 Å². The second-order valence-electron chi connectivity index (χ2n) is 11.1. The van der Waals surface area contributed by atoms with Crippen LogP contribution < -0.4 is 15.0 Å². The summed E-state index contributed by atoms with van der Waals surface area (Å²) in [6, 6.07) is 17.9. The second kappa shape index (κ2) is 11.8. The second-order valence-corrected chi connectivity index (χ2v) is 12.0. The van der Waals surface area contributed by atoms with Crippen molar-refractivity contribution < 1.29 is 19.1 Å². The average Bonchev–Trinajstić information content (AvgIpc) is 3.44. The van der Waals surface area contributed by atoms with Crippen LogP contribution in [0.25, 0.3) is 21.4 Å². The van der Waals surface area contributed by atoms with Gasteiger partial charge < -0.3 is 19.7 Å². The molecule has 2 amide bonds. The van der Waals surface area contributed by atoms with Crippen molar-refractivity contribution in [2.75, 3.05) is 18.1 Å². The average molecular weight is 643 g/mol. The summed E-state index contributed by atoms with van der Waals surface area (Å²) < 4.78 is 15.0. The SMILES string of the molecule is [C-]#[N+]c1ccccc1-n1ncc2c(CN3C(=O)[C@@H](NC(=O)[C@H](C)CC)C4(CCOCC4)Oc4cc(Br)ccc43)cccc21. The summed E-state index contributed by atoms with van der Waals surface area (Å²) in [4.78, 5) is 33.3. The molecule has 2 aliphatic heterocycles. The first kappa shape index (κ1) is 28.9. The third-order valence-electron chi connectivity index (χ3n) is 8.51. The molecule has 0 saturated carbocycles. The van der Waals surface area contributed by atoms with Gasteiger partial charge in [-0.05, 0) is 42.3 Å². The van der Waals surface area contributed by atoms with Crippen molar-refractivity contribution in [1.29, 1.82) is 0 Å². The van der Waals surface area contributed by atoms with Crippen LogP contribution in [-0.2, 0) is 20.9 Å². The summed E-state index contributed by atoms with van der Waals surface area (Å²) in [5, 5.41) is 8.60. The topological polar surface area (TPSA) is 90.1 Å². The number of para-hydroxylation sites is 2. The van der Waals surface area contributed by atoms with Gasteiger partial charge >= 0.3 is 0 Å². The summed E-state index contributed by atoms with van der Waals surface area (Å²) in [6.07, 6.45) is 3.36. The summed E-state index contributed by atoms with van der Waals surface area (Å²) in [5.74, 6) is -0.0961. The predicted octanol–water partition coefficient (Wildman–Crippen LogP) is 6.34. The van der Waals surface area contributed by atoms with E-state index in [0.717, 1.165) is 20.9 Å². The first-order chi connectivity index (χ1) is 20.8. The highest BCUT2D eigenvalue weighted by Crippen LogP contribution is 2.43. The van der Waals surface area contributed by atoms with E-state index in [1.54, 1.807) is 21.8 Å². The summed E-state index contributed by atoms with van der Waals surface area (Å²) in [6.45, 7) is 12.5. The minimum absolute atomic E-state index is 0.177. The van der Waals surface area contributed by atoms with E-state index in [0.29, 0.717) is 55.3 Å². The molecule has 0 radical (unpaired) electrons. The van der Waals surface area contributed by atoms with Gasteiger partial charge in [0.2, 0.25) is 11.6 Å². The van der Waals surface area contributed by atoms with Crippen LogP contribution in [0.4, 0.5) is 11.4 Å². The Balaban J connectivity index is 1.46. The van der Waals surface area contributed by atoms with Gasteiger partial charge in [-0.25, -0.2) is 9.53 Å². The van der Waals surface area contributed by atoms with Gasteiger partial charge in [-0.2, -0.15) is 5.10 Å². The zero-order valence-corrected chi connectivity index (χ0v) is 25.6. The largest absolute Gasteiger partial charge is 0.482 e. The molecule has 0 aliphatic carbocycles. The van der Waals surface area contributed by atoms with E-state index in [1.807, 2.05) is 68.4 Å². The van der Waals surface area contributed by atoms with E-state index in [2.05, 4.69) is 31.2 Å². The number of carbonyl (C=O) groups is 2. The molecule has 4 aromatic rings. The minimum Gasteiger partial charge on any atom is -0.482 e. The summed E-state index contributed by atoms with van der Waals surface area (Å²) in [5.41, 5.74) is 2.56. The van der Waals surface area contributed by atoms with Crippen LogP contribution in [0.15, 0.2) is 71.3 Å². The number of fused-ring (bicyclic) bond motifs is 2. The Hall–Kier alpha value is -4.20. The minimum atomic E-state index is -0.955. The van der Waals surface area contributed by atoms with Gasteiger partial charge in [0.15, 0.2) is 0 Å². The number of amides is 2. The fourth-order valence-corrected chi connectivity index (χ4v) is 6.19. The first-order valence-electron chi connectivity index (χ1n) is 14.5. The first-order valence-corrected chi connectivity index (χ1v) is 15.2. The molecule has 6 rings (SSSR count). The molecule has 1 N–H and O–H groups in total. The molecule has 1 aromatic heterocycles. The number of rotatable bonds is 6. The number of nitrogens with one attached hydrogen (secondary N) is 1. The van der Waals surface area contributed by atoms with Crippen LogP contribution in [0.1, 0.15) is 38.7 Å². The van der Waals surface area contributed by atoms with Gasteiger partial charge in [0.05, 0.1) is 49.4 Å². The number of nitrogens with zero attached hydrogens (tertiary/aromatic N) is 4. The quantitative estimate of drug-likeness (QED) is 0.248. The molecule has 10 heteroatoms. The van der Waals surface area contributed by atoms with Crippen LogP contribution in [0.2, 0.25) is 0 Å². The third kappa shape index (κ3) is 5.28. The number of aromatic nitrogens is 2. The van der Waals surface area contributed by atoms with Crippen LogP contribution in [0.3, 0.4) is 0 Å². The Morgan fingerprint density at radius 2 is 1.95 bits per heavy atom. The van der Waals surface area contributed by atoms with Crippen LogP contribution in [0, 0.1) is 12.5 Å². The fourth-order valence-electron chi connectivity index (χ4n) is 5.85. The molecular weight excluding hydrogens is 610 g/mol. The van der Waals surface area contributed by atoms with Crippen molar-refractivity contribution in [2.24, 2.45) is 5.92 Å². The van der Waals surface area contributed by atoms with Crippen molar-refractivity contribution in [1.82, 2.24) is 15.1 Å². The van der Waals surface area contributed by atoms with Crippen molar-refractivity contribution in [3.05, 3.63) is 88.3 Å². The Morgan fingerprint density at radius 1 is 1.16 bits per heavy atom. The standard InChI is InChI=1S/C33H32BrN5O4/c1-4-21(2)31(40)37-30-32(41)38(28-13-12-23(34)18-29(28)43-33(30)14-16-42-17-15-33)20-22-8-7-11-26-24(22)19-36-39(26)27-10-6-5-9-25(27)35-3/h5-13,18-19,21,30H,4,14-17,20H2,1-2H3,(H,37,40)/t21-,30-/m1/s1. The zero-order valence-electron chi connectivity index (χ0n) is 24.0. The van der Waals surface area contributed by atoms with E-state index in [1.165, 1.54) is 0 Å². The van der Waals surface area contributed by atoms with Crippen molar-refractivity contribution in [2.45, 2.75) is 51.3 Å².